The fourth-order valence-corrected chi connectivity index (χ4v) is 3.19. The maximum atomic E-state index is 11.4. The molecule has 1 aliphatic heterocycles. The molecule has 21 heavy (non-hydrogen) atoms. The second-order valence-electron chi connectivity index (χ2n) is 4.73. The van der Waals surface area contributed by atoms with Gasteiger partial charge < -0.3 is 10.1 Å². The molecule has 7 nitrogen and oxygen atoms in total. The van der Waals surface area contributed by atoms with E-state index in [1.54, 1.807) is 6.07 Å². The first-order chi connectivity index (χ1) is 9.89. The van der Waals surface area contributed by atoms with Crippen molar-refractivity contribution in [3.8, 4) is 5.75 Å². The van der Waals surface area contributed by atoms with Crippen molar-refractivity contribution in [2.45, 2.75) is 19.4 Å². The summed E-state index contributed by atoms with van der Waals surface area (Å²) in [6.07, 6.45) is 2.32. The van der Waals surface area contributed by atoms with Crippen LogP contribution in [0.3, 0.4) is 0 Å². The van der Waals surface area contributed by atoms with Gasteiger partial charge in [-0.1, -0.05) is 13.0 Å². The Balaban J connectivity index is 2.20. The van der Waals surface area contributed by atoms with Crippen LogP contribution in [0, 0.1) is 10.1 Å². The summed E-state index contributed by atoms with van der Waals surface area (Å²) in [5.41, 5.74) is 0.359. The number of anilines is 1. The van der Waals surface area contributed by atoms with E-state index in [1.807, 2.05) is 6.92 Å². The van der Waals surface area contributed by atoms with Gasteiger partial charge in [-0.2, -0.15) is 0 Å². The third-order valence-electron chi connectivity index (χ3n) is 2.86. The summed E-state index contributed by atoms with van der Waals surface area (Å²) in [7, 11) is -3.17. The Hall–Kier alpha value is -2.09. The van der Waals surface area contributed by atoms with Crippen LogP contribution in [-0.4, -0.2) is 31.7 Å². The summed E-state index contributed by atoms with van der Waals surface area (Å²) in [6, 6.07) is 3.94. The van der Waals surface area contributed by atoms with Gasteiger partial charge in [0.2, 0.25) is 0 Å². The monoisotopic (exact) mass is 312 g/mol. The van der Waals surface area contributed by atoms with Crippen LogP contribution in [0.15, 0.2) is 29.7 Å². The Morgan fingerprint density at radius 1 is 1.43 bits per heavy atom. The lowest BCUT2D eigenvalue weighted by Crippen LogP contribution is -2.20. The zero-order valence-electron chi connectivity index (χ0n) is 11.5. The van der Waals surface area contributed by atoms with Gasteiger partial charge in [-0.15, -0.1) is 0 Å². The van der Waals surface area contributed by atoms with Gasteiger partial charge in [0.05, 0.1) is 29.4 Å². The molecule has 8 heteroatoms. The van der Waals surface area contributed by atoms with E-state index in [0.717, 1.165) is 11.8 Å². The molecule has 0 aromatic heterocycles. The van der Waals surface area contributed by atoms with Crippen molar-refractivity contribution >= 4 is 21.2 Å². The Bertz CT molecular complexity index is 669. The van der Waals surface area contributed by atoms with Gasteiger partial charge in [0.15, 0.2) is 9.84 Å². The molecule has 0 radical (unpaired) electrons. The molecule has 0 aliphatic carbocycles. The molecule has 2 rings (SSSR count). The van der Waals surface area contributed by atoms with Crippen LogP contribution in [0.5, 0.6) is 5.75 Å². The largest absolute Gasteiger partial charge is 0.493 e. The summed E-state index contributed by atoms with van der Waals surface area (Å²) in [4.78, 5) is 10.4. The molecular formula is C13H16N2O5S. The second-order valence-corrected chi connectivity index (χ2v) is 6.66. The highest BCUT2D eigenvalue weighted by Crippen LogP contribution is 2.27. The number of nitro benzene ring substituents is 1. The van der Waals surface area contributed by atoms with Crippen LogP contribution in [0.25, 0.3) is 0 Å². The van der Waals surface area contributed by atoms with Gasteiger partial charge in [0.1, 0.15) is 5.75 Å². The predicted molar refractivity (Wildman–Crippen MR) is 79.2 cm³/mol. The van der Waals surface area contributed by atoms with Gasteiger partial charge >= 0.3 is 0 Å². The molecule has 0 bridgehead atoms. The van der Waals surface area contributed by atoms with Crippen molar-refractivity contribution in [1.82, 2.24) is 0 Å². The van der Waals surface area contributed by atoms with Gasteiger partial charge in [-0.25, -0.2) is 8.42 Å². The van der Waals surface area contributed by atoms with Crippen molar-refractivity contribution in [3.63, 3.8) is 0 Å². The standard InChI is InChI=1S/C13H16N2O5S/c1-2-4-20-13-7-11(6-12(8-13)15(16)17)14-10-3-5-21(18,19)9-10/h3,5-8,10,14H,2,4,9H2,1H3. The van der Waals surface area contributed by atoms with E-state index in [4.69, 9.17) is 4.74 Å². The quantitative estimate of drug-likeness (QED) is 0.638. The van der Waals surface area contributed by atoms with Gasteiger partial charge in [-0.3, -0.25) is 10.1 Å². The molecule has 0 amide bonds. The van der Waals surface area contributed by atoms with Crippen LogP contribution in [0.1, 0.15) is 13.3 Å². The number of sulfone groups is 1. The number of hydrogen-bond acceptors (Lipinski definition) is 6. The van der Waals surface area contributed by atoms with E-state index in [-0.39, 0.29) is 11.4 Å². The molecule has 0 saturated carbocycles. The van der Waals surface area contributed by atoms with E-state index < -0.39 is 20.8 Å². The minimum absolute atomic E-state index is 0.0547. The van der Waals surface area contributed by atoms with Crippen LogP contribution in [-0.2, 0) is 9.84 Å². The highest BCUT2D eigenvalue weighted by Gasteiger charge is 2.22. The molecule has 0 spiro atoms. The van der Waals surface area contributed by atoms with Crippen molar-refractivity contribution in [3.05, 3.63) is 39.8 Å². The minimum atomic E-state index is -3.17. The number of hydrogen-bond donors (Lipinski definition) is 1. The second kappa shape index (κ2) is 6.13. The van der Waals surface area contributed by atoms with Crippen molar-refractivity contribution in [2.75, 3.05) is 17.7 Å². The molecule has 1 N–H and O–H groups in total. The predicted octanol–water partition coefficient (Wildman–Crippen LogP) is 2.11. The number of non-ortho nitro benzene ring substituents is 1. The average molecular weight is 312 g/mol. The Morgan fingerprint density at radius 2 is 2.19 bits per heavy atom. The molecule has 1 aromatic rings. The Labute approximate surface area is 122 Å². The number of nitrogens with zero attached hydrogens (tertiary/aromatic N) is 1. The number of ether oxygens (including phenoxy) is 1. The zero-order valence-corrected chi connectivity index (χ0v) is 12.3. The Morgan fingerprint density at radius 3 is 2.76 bits per heavy atom. The first-order valence-electron chi connectivity index (χ1n) is 6.49. The first kappa shape index (κ1) is 15.3. The summed E-state index contributed by atoms with van der Waals surface area (Å²) in [5.74, 6) is 0.333. The maximum absolute atomic E-state index is 11.4. The lowest BCUT2D eigenvalue weighted by molar-refractivity contribution is -0.384. The van der Waals surface area contributed by atoms with E-state index >= 15 is 0 Å². The van der Waals surface area contributed by atoms with Gasteiger partial charge in [0.25, 0.3) is 5.69 Å². The average Bonchev–Trinajstić information content (AvgIpc) is 2.75. The first-order valence-corrected chi connectivity index (χ1v) is 8.21. The van der Waals surface area contributed by atoms with Crippen molar-refractivity contribution < 1.29 is 18.1 Å². The van der Waals surface area contributed by atoms with Crippen LogP contribution in [0.4, 0.5) is 11.4 Å². The topological polar surface area (TPSA) is 98.5 Å². The molecule has 1 aliphatic rings. The normalized spacial score (nSPS) is 19.4. The number of nitro groups is 1. The van der Waals surface area contributed by atoms with Crippen LogP contribution >= 0.6 is 0 Å². The summed E-state index contributed by atoms with van der Waals surface area (Å²) >= 11 is 0. The highest BCUT2D eigenvalue weighted by atomic mass is 32.2. The van der Waals surface area contributed by atoms with E-state index in [1.165, 1.54) is 18.2 Å². The molecule has 1 aromatic carbocycles. The molecule has 1 atom stereocenters. The third-order valence-corrected chi connectivity index (χ3v) is 4.25. The highest BCUT2D eigenvalue weighted by molar-refractivity contribution is 7.94. The van der Waals surface area contributed by atoms with E-state index in [2.05, 4.69) is 5.32 Å². The van der Waals surface area contributed by atoms with Crippen molar-refractivity contribution in [2.24, 2.45) is 0 Å². The number of benzene rings is 1. The van der Waals surface area contributed by atoms with E-state index in [0.29, 0.717) is 18.0 Å². The van der Waals surface area contributed by atoms with Crippen molar-refractivity contribution in [1.29, 1.82) is 0 Å². The summed E-state index contributed by atoms with van der Waals surface area (Å²) in [6.45, 7) is 2.39. The molecule has 0 saturated heterocycles. The van der Waals surface area contributed by atoms with Crippen LogP contribution in [0.2, 0.25) is 0 Å². The van der Waals surface area contributed by atoms with Crippen LogP contribution < -0.4 is 10.1 Å². The number of rotatable bonds is 6. The zero-order chi connectivity index (χ0) is 15.5. The molecule has 0 fully saturated rings. The fourth-order valence-electron chi connectivity index (χ4n) is 1.96. The lowest BCUT2D eigenvalue weighted by Gasteiger charge is -2.13. The number of nitrogens with one attached hydrogen (secondary N) is 1. The smallest absolute Gasteiger partial charge is 0.275 e. The Kier molecular flexibility index (Phi) is 4.46. The van der Waals surface area contributed by atoms with E-state index in [9.17, 15) is 18.5 Å². The SMILES string of the molecule is CCCOc1cc(NC2C=CS(=O)(=O)C2)cc([N+](=O)[O-])c1. The fraction of sp³-hybridized carbons (Fsp3) is 0.385. The summed E-state index contributed by atoms with van der Waals surface area (Å²) in [5, 5.41) is 15.0. The minimum Gasteiger partial charge on any atom is -0.493 e. The lowest BCUT2D eigenvalue weighted by atomic mass is 10.2. The summed E-state index contributed by atoms with van der Waals surface area (Å²) < 4.78 is 28.1. The molecular weight excluding hydrogens is 296 g/mol. The molecule has 1 unspecified atom stereocenters. The maximum Gasteiger partial charge on any atom is 0.275 e. The third kappa shape index (κ3) is 4.19. The molecule has 1 heterocycles. The van der Waals surface area contributed by atoms with Gasteiger partial charge in [0, 0.05) is 23.2 Å². The molecule has 114 valence electrons. The van der Waals surface area contributed by atoms with Gasteiger partial charge in [-0.05, 0) is 6.42 Å².